The first-order valence-electron chi connectivity index (χ1n) is 8.99. The van der Waals surface area contributed by atoms with Gasteiger partial charge in [-0.2, -0.15) is 0 Å². The molecule has 0 aliphatic rings. The van der Waals surface area contributed by atoms with Crippen molar-refractivity contribution in [3.63, 3.8) is 0 Å². The molecule has 0 aliphatic carbocycles. The Morgan fingerprint density at radius 2 is 1.87 bits per heavy atom. The molecular formula is C22H23F2N3O3. The summed E-state index contributed by atoms with van der Waals surface area (Å²) < 4.78 is 34.3. The van der Waals surface area contributed by atoms with Crippen molar-refractivity contribution in [2.24, 2.45) is 5.73 Å². The maximum absolute atomic E-state index is 14.4. The minimum absolute atomic E-state index is 0.0615. The monoisotopic (exact) mass is 415 g/mol. The average Bonchev–Trinajstić information content (AvgIpc) is 2.66. The molecule has 0 unspecified atom stereocenters. The summed E-state index contributed by atoms with van der Waals surface area (Å²) in [7, 11) is 3.17. The van der Waals surface area contributed by atoms with Gasteiger partial charge >= 0.3 is 0 Å². The van der Waals surface area contributed by atoms with Gasteiger partial charge < -0.3 is 20.7 Å². The highest BCUT2D eigenvalue weighted by molar-refractivity contribution is 5.98. The van der Waals surface area contributed by atoms with E-state index in [2.05, 4.69) is 5.32 Å². The second-order valence-electron chi connectivity index (χ2n) is 6.75. The van der Waals surface area contributed by atoms with E-state index in [9.17, 15) is 18.4 Å². The van der Waals surface area contributed by atoms with E-state index in [0.29, 0.717) is 17.4 Å². The number of hydrogen-bond donors (Lipinski definition) is 2. The third-order valence-electron chi connectivity index (χ3n) is 4.15. The number of halogens is 2. The maximum atomic E-state index is 14.4. The van der Waals surface area contributed by atoms with E-state index < -0.39 is 17.5 Å². The number of hydrogen-bond acceptors (Lipinski definition) is 5. The molecule has 2 aromatic rings. The fourth-order valence-electron chi connectivity index (χ4n) is 2.65. The van der Waals surface area contributed by atoms with Gasteiger partial charge in [0.05, 0.1) is 5.69 Å². The molecule has 0 spiro atoms. The number of rotatable bonds is 8. The van der Waals surface area contributed by atoms with Crippen molar-refractivity contribution in [2.45, 2.75) is 13.8 Å². The number of aldehydes is 1. The number of ether oxygens (including phenoxy) is 1. The smallest absolute Gasteiger partial charge is 0.256 e. The number of nitrogens with one attached hydrogen (secondary N) is 1. The van der Waals surface area contributed by atoms with Crippen molar-refractivity contribution < 1.29 is 23.1 Å². The van der Waals surface area contributed by atoms with Crippen molar-refractivity contribution in [2.75, 3.05) is 19.4 Å². The van der Waals surface area contributed by atoms with Gasteiger partial charge in [0.25, 0.3) is 5.91 Å². The number of anilines is 1. The predicted molar refractivity (Wildman–Crippen MR) is 111 cm³/mol. The van der Waals surface area contributed by atoms with Crippen LogP contribution < -0.4 is 15.8 Å². The maximum Gasteiger partial charge on any atom is 0.256 e. The SMILES string of the molecule is Cc1ccc(N/C(=C(C(N)=O)/C(=C\C=O)Oc2cccc(C)c2F)N(C)C)c(F)c1. The highest BCUT2D eigenvalue weighted by Gasteiger charge is 2.23. The molecule has 0 saturated heterocycles. The number of carbonyl (C=O) groups excluding carboxylic acids is 2. The van der Waals surface area contributed by atoms with Crippen LogP contribution >= 0.6 is 0 Å². The topological polar surface area (TPSA) is 84.7 Å². The van der Waals surface area contributed by atoms with Crippen LogP contribution in [-0.2, 0) is 9.59 Å². The molecule has 0 radical (unpaired) electrons. The van der Waals surface area contributed by atoms with Gasteiger partial charge in [-0.05, 0) is 43.2 Å². The van der Waals surface area contributed by atoms with Crippen LogP contribution in [-0.4, -0.2) is 31.2 Å². The molecule has 3 N–H and O–H groups in total. The number of nitrogens with two attached hydrogens (primary N) is 1. The molecule has 158 valence electrons. The van der Waals surface area contributed by atoms with Crippen molar-refractivity contribution in [1.82, 2.24) is 4.90 Å². The minimum Gasteiger partial charge on any atom is -0.453 e. The van der Waals surface area contributed by atoms with Gasteiger partial charge in [-0.15, -0.1) is 0 Å². The summed E-state index contributed by atoms with van der Waals surface area (Å²) in [4.78, 5) is 25.0. The molecule has 8 heteroatoms. The van der Waals surface area contributed by atoms with Crippen molar-refractivity contribution in [1.29, 1.82) is 0 Å². The Labute approximate surface area is 173 Å². The van der Waals surface area contributed by atoms with Gasteiger partial charge in [-0.25, -0.2) is 8.78 Å². The first kappa shape index (κ1) is 22.6. The van der Waals surface area contributed by atoms with Gasteiger partial charge in [0.2, 0.25) is 0 Å². The van der Waals surface area contributed by atoms with Crippen LogP contribution in [0.3, 0.4) is 0 Å². The summed E-state index contributed by atoms with van der Waals surface area (Å²) >= 11 is 0. The molecule has 0 saturated carbocycles. The number of primary amides is 1. The van der Waals surface area contributed by atoms with Crippen molar-refractivity contribution in [3.05, 3.63) is 82.4 Å². The van der Waals surface area contributed by atoms with Crippen LogP contribution in [0.2, 0.25) is 0 Å². The molecule has 6 nitrogen and oxygen atoms in total. The highest BCUT2D eigenvalue weighted by Crippen LogP contribution is 2.27. The molecule has 0 bridgehead atoms. The molecule has 0 atom stereocenters. The van der Waals surface area contributed by atoms with Crippen molar-refractivity contribution >= 4 is 17.9 Å². The molecule has 1 amide bonds. The summed E-state index contributed by atoms with van der Waals surface area (Å²) in [6, 6.07) is 8.96. The lowest BCUT2D eigenvalue weighted by Gasteiger charge is -2.24. The fourth-order valence-corrected chi connectivity index (χ4v) is 2.65. The Morgan fingerprint density at radius 1 is 1.17 bits per heavy atom. The van der Waals surface area contributed by atoms with Crippen LogP contribution in [0.5, 0.6) is 5.75 Å². The van der Waals surface area contributed by atoms with Crippen LogP contribution in [0.15, 0.2) is 59.6 Å². The van der Waals surface area contributed by atoms with Crippen LogP contribution in [0.4, 0.5) is 14.5 Å². The predicted octanol–water partition coefficient (Wildman–Crippen LogP) is 3.41. The normalized spacial score (nSPS) is 12.1. The van der Waals surface area contributed by atoms with Crippen LogP contribution in [0, 0.1) is 25.5 Å². The lowest BCUT2D eigenvalue weighted by atomic mass is 10.1. The van der Waals surface area contributed by atoms with Gasteiger partial charge in [0.1, 0.15) is 29.3 Å². The standard InChI is InChI=1S/C22H23F2N3O3/c1-13-8-9-16(15(23)12-13)26-22(27(3)4)19(21(25)29)17(10-11-28)30-18-7-5-6-14(2)20(18)24/h5-12,26H,1-4H3,(H2,25,29)/b17-10+,22-19+. The Hall–Kier alpha value is -3.68. The largest absolute Gasteiger partial charge is 0.453 e. The lowest BCUT2D eigenvalue weighted by Crippen LogP contribution is -2.29. The second-order valence-corrected chi connectivity index (χ2v) is 6.75. The molecule has 2 rings (SSSR count). The number of amides is 1. The highest BCUT2D eigenvalue weighted by atomic mass is 19.1. The van der Waals surface area contributed by atoms with Crippen LogP contribution in [0.25, 0.3) is 0 Å². The van der Waals surface area contributed by atoms with E-state index in [1.807, 2.05) is 0 Å². The molecule has 30 heavy (non-hydrogen) atoms. The Morgan fingerprint density at radius 3 is 2.43 bits per heavy atom. The van der Waals surface area contributed by atoms with E-state index in [0.717, 1.165) is 6.08 Å². The van der Waals surface area contributed by atoms with Crippen molar-refractivity contribution in [3.8, 4) is 5.75 Å². The number of nitrogens with zero attached hydrogens (tertiary/aromatic N) is 1. The molecule has 0 aliphatic heterocycles. The Balaban J connectivity index is 2.62. The molecule has 0 fully saturated rings. The van der Waals surface area contributed by atoms with E-state index >= 15 is 0 Å². The van der Waals surface area contributed by atoms with Gasteiger partial charge in [0.15, 0.2) is 11.6 Å². The zero-order chi connectivity index (χ0) is 22.4. The average molecular weight is 415 g/mol. The first-order valence-corrected chi connectivity index (χ1v) is 8.99. The quantitative estimate of drug-likeness (QED) is 0.299. The lowest BCUT2D eigenvalue weighted by molar-refractivity contribution is -0.114. The number of benzene rings is 2. The first-order chi connectivity index (χ1) is 14.1. The minimum atomic E-state index is -0.958. The molecular weight excluding hydrogens is 392 g/mol. The third-order valence-corrected chi connectivity index (χ3v) is 4.15. The van der Waals surface area contributed by atoms with E-state index in [1.54, 1.807) is 46.1 Å². The summed E-state index contributed by atoms with van der Waals surface area (Å²) in [5.41, 5.74) is 6.41. The number of carbonyl (C=O) groups is 2. The Kier molecular flexibility index (Phi) is 7.30. The Bertz CT molecular complexity index is 1030. The molecule has 2 aromatic carbocycles. The summed E-state index contributed by atoms with van der Waals surface area (Å²) in [5.74, 6) is -2.58. The molecule has 0 heterocycles. The zero-order valence-corrected chi connectivity index (χ0v) is 17.1. The number of aryl methyl sites for hydroxylation is 2. The number of allylic oxidation sites excluding steroid dienone is 1. The van der Waals surface area contributed by atoms with Crippen LogP contribution in [0.1, 0.15) is 11.1 Å². The van der Waals surface area contributed by atoms with E-state index in [-0.39, 0.29) is 28.6 Å². The molecule has 0 aromatic heterocycles. The second kappa shape index (κ2) is 9.69. The zero-order valence-electron chi connectivity index (χ0n) is 17.1. The fraction of sp³-hybridized carbons (Fsp3) is 0.182. The van der Waals surface area contributed by atoms with E-state index in [1.165, 1.54) is 23.1 Å². The third kappa shape index (κ3) is 5.22. The summed E-state index contributed by atoms with van der Waals surface area (Å²) in [6.07, 6.45) is 1.32. The van der Waals surface area contributed by atoms with E-state index in [4.69, 9.17) is 10.5 Å². The summed E-state index contributed by atoms with van der Waals surface area (Å²) in [6.45, 7) is 3.28. The van der Waals surface area contributed by atoms with Gasteiger partial charge in [0, 0.05) is 20.2 Å². The van der Waals surface area contributed by atoms with Gasteiger partial charge in [-0.1, -0.05) is 18.2 Å². The summed E-state index contributed by atoms with van der Waals surface area (Å²) in [5, 5.41) is 2.81. The van der Waals surface area contributed by atoms with Gasteiger partial charge in [-0.3, -0.25) is 9.59 Å².